The fourth-order valence-electron chi connectivity index (χ4n) is 1.92. The second-order valence-corrected chi connectivity index (χ2v) is 6.22. The topological polar surface area (TPSA) is 24.5 Å². The van der Waals surface area contributed by atoms with E-state index in [9.17, 15) is 0 Å². The molecule has 0 saturated heterocycles. The fourth-order valence-corrected chi connectivity index (χ4v) is 1.92. The van der Waals surface area contributed by atoms with Gasteiger partial charge in [0.05, 0.1) is 12.7 Å². The van der Waals surface area contributed by atoms with Gasteiger partial charge >= 0.3 is 0 Å². The highest BCUT2D eigenvalue weighted by Crippen LogP contribution is 2.21. The number of nitrogens with zero attached hydrogens (tertiary/aromatic N) is 1. The summed E-state index contributed by atoms with van der Waals surface area (Å²) in [6.45, 7) is 14.0. The highest BCUT2D eigenvalue weighted by Gasteiger charge is 2.22. The Morgan fingerprint density at radius 1 is 1.18 bits per heavy atom. The largest absolute Gasteiger partial charge is 0.377 e. The summed E-state index contributed by atoms with van der Waals surface area (Å²) in [4.78, 5) is 2.35. The molecule has 0 aliphatic rings. The van der Waals surface area contributed by atoms with Gasteiger partial charge in [-0.25, -0.2) is 0 Å². The maximum atomic E-state index is 5.56. The molecule has 0 amide bonds. The lowest BCUT2D eigenvalue weighted by Gasteiger charge is -2.32. The smallest absolute Gasteiger partial charge is 0.0596 e. The van der Waals surface area contributed by atoms with Gasteiger partial charge in [0.2, 0.25) is 0 Å². The van der Waals surface area contributed by atoms with E-state index in [0.717, 1.165) is 19.7 Å². The maximum absolute atomic E-state index is 5.56. The Hall–Kier alpha value is -0.120. The predicted molar refractivity (Wildman–Crippen MR) is 75.5 cm³/mol. The van der Waals surface area contributed by atoms with Crippen molar-refractivity contribution in [2.75, 3.05) is 33.8 Å². The van der Waals surface area contributed by atoms with Crippen molar-refractivity contribution in [3.63, 3.8) is 0 Å². The van der Waals surface area contributed by atoms with Crippen LogP contribution in [0.2, 0.25) is 0 Å². The van der Waals surface area contributed by atoms with E-state index in [4.69, 9.17) is 4.74 Å². The first-order valence-corrected chi connectivity index (χ1v) is 6.74. The monoisotopic (exact) mass is 244 g/mol. The van der Waals surface area contributed by atoms with Gasteiger partial charge < -0.3 is 15.0 Å². The molecule has 0 rings (SSSR count). The summed E-state index contributed by atoms with van der Waals surface area (Å²) in [6.07, 6.45) is 1.51. The number of ether oxygens (including phenoxy) is 1. The first-order chi connectivity index (χ1) is 7.77. The van der Waals surface area contributed by atoms with Crippen molar-refractivity contribution in [1.29, 1.82) is 0 Å². The quantitative estimate of drug-likeness (QED) is 0.709. The zero-order chi connectivity index (χ0) is 13.5. The molecule has 1 N–H and O–H groups in total. The van der Waals surface area contributed by atoms with Crippen LogP contribution < -0.4 is 5.32 Å². The minimum Gasteiger partial charge on any atom is -0.377 e. The van der Waals surface area contributed by atoms with Crippen LogP contribution in [0.15, 0.2) is 0 Å². The molecule has 0 bridgehead atoms. The maximum Gasteiger partial charge on any atom is 0.0596 e. The molecular weight excluding hydrogens is 212 g/mol. The van der Waals surface area contributed by atoms with Crippen molar-refractivity contribution in [1.82, 2.24) is 10.2 Å². The van der Waals surface area contributed by atoms with E-state index in [2.05, 4.69) is 58.9 Å². The van der Waals surface area contributed by atoms with Crippen LogP contribution in [0.25, 0.3) is 0 Å². The van der Waals surface area contributed by atoms with Crippen LogP contribution in [-0.4, -0.2) is 50.8 Å². The zero-order valence-corrected chi connectivity index (χ0v) is 12.8. The number of rotatable bonds is 8. The number of hydrogen-bond donors (Lipinski definition) is 1. The van der Waals surface area contributed by atoms with Crippen LogP contribution in [0, 0.1) is 5.41 Å². The summed E-state index contributed by atoms with van der Waals surface area (Å²) >= 11 is 0. The van der Waals surface area contributed by atoms with Crippen molar-refractivity contribution in [3.05, 3.63) is 0 Å². The molecule has 0 aromatic rings. The van der Waals surface area contributed by atoms with Crippen molar-refractivity contribution in [3.8, 4) is 0 Å². The summed E-state index contributed by atoms with van der Waals surface area (Å²) in [7, 11) is 4.22. The van der Waals surface area contributed by atoms with Crippen molar-refractivity contribution < 1.29 is 4.74 Å². The summed E-state index contributed by atoms with van der Waals surface area (Å²) in [6, 6.07) is 0.566. The first kappa shape index (κ1) is 16.9. The Balaban J connectivity index is 3.78. The fraction of sp³-hybridized carbons (Fsp3) is 1.00. The molecule has 0 saturated carbocycles. The molecule has 0 heterocycles. The second kappa shape index (κ2) is 8.06. The minimum atomic E-state index is 0.323. The lowest BCUT2D eigenvalue weighted by atomic mass is 9.85. The van der Waals surface area contributed by atoms with E-state index in [1.54, 1.807) is 0 Å². The predicted octanol–water partition coefficient (Wildman–Crippen LogP) is 2.37. The zero-order valence-electron chi connectivity index (χ0n) is 12.8. The molecule has 0 spiro atoms. The summed E-state index contributed by atoms with van der Waals surface area (Å²) in [5.74, 6) is 0. The van der Waals surface area contributed by atoms with Crippen molar-refractivity contribution in [2.24, 2.45) is 5.41 Å². The standard InChI is InChI=1S/C14H32N2O/c1-12(2)17-11-10-16(7)9-8-13(15-6)14(3,4)5/h12-13,15H,8-11H2,1-7H3. The lowest BCUT2D eigenvalue weighted by Crippen LogP contribution is -2.40. The molecule has 1 unspecified atom stereocenters. The van der Waals surface area contributed by atoms with E-state index in [-0.39, 0.29) is 0 Å². The van der Waals surface area contributed by atoms with E-state index in [1.807, 2.05) is 0 Å². The van der Waals surface area contributed by atoms with E-state index >= 15 is 0 Å². The first-order valence-electron chi connectivity index (χ1n) is 6.74. The molecule has 3 heteroatoms. The molecule has 104 valence electrons. The summed E-state index contributed by atoms with van der Waals surface area (Å²) < 4.78 is 5.56. The number of nitrogens with one attached hydrogen (secondary N) is 1. The molecule has 0 fully saturated rings. The molecule has 0 aromatic heterocycles. The SMILES string of the molecule is CNC(CCN(C)CCOC(C)C)C(C)(C)C. The average molecular weight is 244 g/mol. The Bertz CT molecular complexity index is 187. The Labute approximate surface area is 108 Å². The number of likely N-dealkylation sites (N-methyl/N-ethyl adjacent to an activating group) is 1. The molecule has 0 aromatic carbocycles. The van der Waals surface area contributed by atoms with Gasteiger partial charge in [-0.1, -0.05) is 20.8 Å². The third kappa shape index (κ3) is 8.58. The van der Waals surface area contributed by atoms with Gasteiger partial charge in [0.1, 0.15) is 0 Å². The van der Waals surface area contributed by atoms with Gasteiger partial charge in [0.25, 0.3) is 0 Å². The van der Waals surface area contributed by atoms with Gasteiger partial charge in [-0.15, -0.1) is 0 Å². The molecule has 0 aliphatic carbocycles. The average Bonchev–Trinajstić information content (AvgIpc) is 2.15. The molecule has 1 atom stereocenters. The van der Waals surface area contributed by atoms with Gasteiger partial charge in [0, 0.05) is 12.6 Å². The van der Waals surface area contributed by atoms with Gasteiger partial charge in [-0.3, -0.25) is 0 Å². The molecule has 0 radical (unpaired) electrons. The Kier molecular flexibility index (Phi) is 8.01. The van der Waals surface area contributed by atoms with Gasteiger partial charge in [-0.05, 0) is 46.3 Å². The van der Waals surface area contributed by atoms with Crippen LogP contribution in [0.4, 0.5) is 0 Å². The van der Waals surface area contributed by atoms with Crippen LogP contribution in [-0.2, 0) is 4.74 Å². The van der Waals surface area contributed by atoms with E-state index < -0.39 is 0 Å². The normalized spacial score (nSPS) is 14.6. The van der Waals surface area contributed by atoms with E-state index in [1.165, 1.54) is 6.42 Å². The highest BCUT2D eigenvalue weighted by molar-refractivity contribution is 4.79. The minimum absolute atomic E-state index is 0.323. The third-order valence-corrected chi connectivity index (χ3v) is 3.12. The third-order valence-electron chi connectivity index (χ3n) is 3.12. The lowest BCUT2D eigenvalue weighted by molar-refractivity contribution is 0.0624. The molecule has 3 nitrogen and oxygen atoms in total. The summed E-state index contributed by atoms with van der Waals surface area (Å²) in [5.41, 5.74) is 0.323. The Morgan fingerprint density at radius 2 is 1.76 bits per heavy atom. The van der Waals surface area contributed by atoms with Crippen LogP contribution >= 0.6 is 0 Å². The summed E-state index contributed by atoms with van der Waals surface area (Å²) in [5, 5.41) is 3.41. The molecule has 0 aliphatic heterocycles. The highest BCUT2D eigenvalue weighted by atomic mass is 16.5. The van der Waals surface area contributed by atoms with Gasteiger partial charge in [-0.2, -0.15) is 0 Å². The van der Waals surface area contributed by atoms with Gasteiger partial charge in [0.15, 0.2) is 0 Å². The van der Waals surface area contributed by atoms with E-state index in [0.29, 0.717) is 17.6 Å². The van der Waals surface area contributed by atoms with Crippen molar-refractivity contribution >= 4 is 0 Å². The molecular formula is C14H32N2O. The second-order valence-electron chi connectivity index (χ2n) is 6.22. The van der Waals surface area contributed by atoms with Crippen molar-refractivity contribution in [2.45, 2.75) is 53.2 Å². The Morgan fingerprint density at radius 3 is 2.18 bits per heavy atom. The van der Waals surface area contributed by atoms with Crippen LogP contribution in [0.5, 0.6) is 0 Å². The van der Waals surface area contributed by atoms with Crippen LogP contribution in [0.3, 0.4) is 0 Å². The van der Waals surface area contributed by atoms with Crippen LogP contribution in [0.1, 0.15) is 41.0 Å². The molecule has 17 heavy (non-hydrogen) atoms. The number of hydrogen-bond acceptors (Lipinski definition) is 3.